The Bertz CT molecular complexity index is 1180. The van der Waals surface area contributed by atoms with Gasteiger partial charge >= 0.3 is 0 Å². The van der Waals surface area contributed by atoms with Crippen molar-refractivity contribution in [3.05, 3.63) is 92.4 Å². The molecule has 0 aliphatic carbocycles. The SMILES string of the molecule is N=C(c1ccc(C(=O)NCCO)cc1)c1c(Nc2c(F)cccc2F)c(Cl)c[nH]c1=O. The molecule has 0 aliphatic rings. The van der Waals surface area contributed by atoms with E-state index in [1.165, 1.54) is 30.3 Å². The molecule has 3 rings (SSSR count). The standard InChI is InChI=1S/C21H17ClF2N4O3/c22-13-10-27-21(31)16(18(13)28-19-14(23)2-1-3-15(19)24)17(25)11-4-6-12(7-5-11)20(30)26-8-9-29/h1-7,10,25,29H,8-9H2,(H,26,30)(H2,27,28,31). The molecule has 1 aromatic heterocycles. The molecule has 3 aromatic rings. The van der Waals surface area contributed by atoms with Crippen molar-refractivity contribution in [2.75, 3.05) is 18.5 Å². The van der Waals surface area contributed by atoms with Crippen LogP contribution in [0.3, 0.4) is 0 Å². The molecule has 160 valence electrons. The number of hydrogen-bond acceptors (Lipinski definition) is 5. The average molecular weight is 447 g/mol. The number of anilines is 2. The molecule has 2 aromatic carbocycles. The molecule has 0 aliphatic heterocycles. The molecule has 5 N–H and O–H groups in total. The maximum Gasteiger partial charge on any atom is 0.259 e. The number of aromatic nitrogens is 1. The van der Waals surface area contributed by atoms with Gasteiger partial charge in [-0.25, -0.2) is 8.78 Å². The number of H-pyrrole nitrogens is 1. The van der Waals surface area contributed by atoms with E-state index in [1.54, 1.807) is 0 Å². The second-order valence-corrected chi connectivity index (χ2v) is 6.78. The van der Waals surface area contributed by atoms with E-state index in [-0.39, 0.29) is 46.3 Å². The molecule has 0 saturated heterocycles. The predicted molar refractivity (Wildman–Crippen MR) is 114 cm³/mol. The van der Waals surface area contributed by atoms with Crippen LogP contribution in [0.4, 0.5) is 20.2 Å². The summed E-state index contributed by atoms with van der Waals surface area (Å²) >= 11 is 6.16. The molecule has 0 bridgehead atoms. The Balaban J connectivity index is 1.99. The van der Waals surface area contributed by atoms with Crippen molar-refractivity contribution in [1.82, 2.24) is 10.3 Å². The second kappa shape index (κ2) is 9.50. The maximum atomic E-state index is 14.1. The van der Waals surface area contributed by atoms with E-state index in [1.807, 2.05) is 0 Å². The number of rotatable bonds is 7. The average Bonchev–Trinajstić information content (AvgIpc) is 2.76. The number of carbonyl (C=O) groups excluding carboxylic acids is 1. The molecule has 10 heteroatoms. The summed E-state index contributed by atoms with van der Waals surface area (Å²) in [5.74, 6) is -2.20. The number of aliphatic hydroxyl groups excluding tert-OH is 1. The number of benzene rings is 2. The zero-order valence-electron chi connectivity index (χ0n) is 15.9. The zero-order valence-corrected chi connectivity index (χ0v) is 16.7. The van der Waals surface area contributed by atoms with E-state index >= 15 is 0 Å². The van der Waals surface area contributed by atoms with Gasteiger partial charge in [0.05, 0.1) is 28.6 Å². The molecule has 0 radical (unpaired) electrons. The number of amides is 1. The largest absolute Gasteiger partial charge is 0.395 e. The molecule has 1 heterocycles. The van der Waals surface area contributed by atoms with Gasteiger partial charge < -0.3 is 20.7 Å². The van der Waals surface area contributed by atoms with E-state index in [0.717, 1.165) is 18.3 Å². The van der Waals surface area contributed by atoms with Crippen LogP contribution in [0.15, 0.2) is 53.5 Å². The summed E-state index contributed by atoms with van der Waals surface area (Å²) in [6.07, 6.45) is 1.15. The molecule has 0 fully saturated rings. The van der Waals surface area contributed by atoms with Gasteiger partial charge in [0, 0.05) is 23.9 Å². The lowest BCUT2D eigenvalue weighted by atomic mass is 10.0. The van der Waals surface area contributed by atoms with Gasteiger partial charge in [-0.2, -0.15) is 0 Å². The normalized spacial score (nSPS) is 10.6. The lowest BCUT2D eigenvalue weighted by molar-refractivity contribution is 0.0945. The number of aliphatic hydroxyl groups is 1. The van der Waals surface area contributed by atoms with Crippen molar-refractivity contribution < 1.29 is 18.7 Å². The zero-order chi connectivity index (χ0) is 22.5. The lowest BCUT2D eigenvalue weighted by Crippen LogP contribution is -2.26. The Morgan fingerprint density at radius 3 is 2.29 bits per heavy atom. The molecular formula is C21H17ClF2N4O3. The van der Waals surface area contributed by atoms with Gasteiger partial charge in [-0.15, -0.1) is 0 Å². The summed E-state index contributed by atoms with van der Waals surface area (Å²) in [6, 6.07) is 9.05. The molecule has 0 spiro atoms. The number of nitrogens with one attached hydrogen (secondary N) is 4. The number of carbonyl (C=O) groups is 1. The fraction of sp³-hybridized carbons (Fsp3) is 0.0952. The topological polar surface area (TPSA) is 118 Å². The summed E-state index contributed by atoms with van der Waals surface area (Å²) < 4.78 is 28.2. The van der Waals surface area contributed by atoms with Gasteiger partial charge in [-0.05, 0) is 24.3 Å². The van der Waals surface area contributed by atoms with Crippen molar-refractivity contribution in [3.8, 4) is 0 Å². The van der Waals surface area contributed by atoms with Crippen molar-refractivity contribution in [2.24, 2.45) is 0 Å². The Hall–Kier alpha value is -3.56. The fourth-order valence-electron chi connectivity index (χ4n) is 2.81. The van der Waals surface area contributed by atoms with Gasteiger partial charge in [-0.3, -0.25) is 15.0 Å². The number of aromatic amines is 1. The van der Waals surface area contributed by atoms with Crippen LogP contribution >= 0.6 is 11.6 Å². The smallest absolute Gasteiger partial charge is 0.259 e. The third-order valence-corrected chi connectivity index (χ3v) is 4.64. The third-order valence-electron chi connectivity index (χ3n) is 4.34. The highest BCUT2D eigenvalue weighted by atomic mass is 35.5. The first-order valence-electron chi connectivity index (χ1n) is 9.04. The Morgan fingerprint density at radius 2 is 1.68 bits per heavy atom. The highest BCUT2D eigenvalue weighted by Crippen LogP contribution is 2.30. The number of halogens is 3. The number of pyridine rings is 1. The Kier molecular flexibility index (Phi) is 6.78. The summed E-state index contributed by atoms with van der Waals surface area (Å²) in [5, 5.41) is 22.2. The molecule has 0 atom stereocenters. The summed E-state index contributed by atoms with van der Waals surface area (Å²) in [6.45, 7) is -0.111. The minimum atomic E-state index is -0.896. The molecule has 0 unspecified atom stereocenters. The minimum Gasteiger partial charge on any atom is -0.395 e. The van der Waals surface area contributed by atoms with E-state index in [0.29, 0.717) is 0 Å². The Labute approximate surface area is 180 Å². The van der Waals surface area contributed by atoms with Gasteiger partial charge in [0.25, 0.3) is 11.5 Å². The third kappa shape index (κ3) is 4.79. The molecular weight excluding hydrogens is 430 g/mol. The van der Waals surface area contributed by atoms with Crippen LogP contribution in [0.2, 0.25) is 5.02 Å². The summed E-state index contributed by atoms with van der Waals surface area (Å²) in [5.41, 5.74) is -1.29. The van der Waals surface area contributed by atoms with Gasteiger partial charge in [-0.1, -0.05) is 29.8 Å². The maximum absolute atomic E-state index is 14.1. The predicted octanol–water partition coefficient (Wildman–Crippen LogP) is 3.19. The quantitative estimate of drug-likeness (QED) is 0.358. The highest BCUT2D eigenvalue weighted by Gasteiger charge is 2.20. The first-order chi connectivity index (χ1) is 14.8. The van der Waals surface area contributed by atoms with Crippen LogP contribution in [0.25, 0.3) is 0 Å². The van der Waals surface area contributed by atoms with Gasteiger partial charge in [0.1, 0.15) is 17.3 Å². The first-order valence-corrected chi connectivity index (χ1v) is 9.42. The molecule has 1 amide bonds. The van der Waals surface area contributed by atoms with Crippen molar-refractivity contribution in [2.45, 2.75) is 0 Å². The summed E-state index contributed by atoms with van der Waals surface area (Å²) in [4.78, 5) is 26.8. The first kappa shape index (κ1) is 22.1. The van der Waals surface area contributed by atoms with E-state index < -0.39 is 28.8 Å². The van der Waals surface area contributed by atoms with Crippen molar-refractivity contribution in [3.63, 3.8) is 0 Å². The van der Waals surface area contributed by atoms with Crippen LogP contribution in [-0.2, 0) is 0 Å². The fourth-order valence-corrected chi connectivity index (χ4v) is 3.01. The highest BCUT2D eigenvalue weighted by molar-refractivity contribution is 6.34. The van der Waals surface area contributed by atoms with E-state index in [9.17, 15) is 18.4 Å². The van der Waals surface area contributed by atoms with E-state index in [4.69, 9.17) is 22.1 Å². The van der Waals surface area contributed by atoms with Crippen LogP contribution in [0, 0.1) is 17.0 Å². The molecule has 7 nitrogen and oxygen atoms in total. The minimum absolute atomic E-state index is 0.0537. The lowest BCUT2D eigenvalue weighted by Gasteiger charge is -2.15. The number of hydrogen-bond donors (Lipinski definition) is 5. The van der Waals surface area contributed by atoms with Crippen LogP contribution < -0.4 is 16.2 Å². The van der Waals surface area contributed by atoms with E-state index in [2.05, 4.69) is 15.6 Å². The monoisotopic (exact) mass is 446 g/mol. The second-order valence-electron chi connectivity index (χ2n) is 6.37. The molecule has 0 saturated carbocycles. The van der Waals surface area contributed by atoms with Gasteiger partial charge in [0.15, 0.2) is 0 Å². The van der Waals surface area contributed by atoms with Crippen LogP contribution in [0.1, 0.15) is 21.5 Å². The van der Waals surface area contributed by atoms with Crippen molar-refractivity contribution in [1.29, 1.82) is 5.41 Å². The molecule has 31 heavy (non-hydrogen) atoms. The van der Waals surface area contributed by atoms with Gasteiger partial charge in [0.2, 0.25) is 0 Å². The van der Waals surface area contributed by atoms with Crippen LogP contribution in [-0.4, -0.2) is 34.9 Å². The van der Waals surface area contributed by atoms with Crippen LogP contribution in [0.5, 0.6) is 0 Å². The number of para-hydroxylation sites is 1. The van der Waals surface area contributed by atoms with Crippen molar-refractivity contribution >= 4 is 34.6 Å². The Morgan fingerprint density at radius 1 is 1.06 bits per heavy atom. The summed E-state index contributed by atoms with van der Waals surface area (Å²) in [7, 11) is 0.